The number of aliphatic hydroxyl groups is 1. The van der Waals surface area contributed by atoms with E-state index in [1.54, 1.807) is 34.6 Å². The minimum Gasteiger partial charge on any atom is -0.444 e. The van der Waals surface area contributed by atoms with Crippen LogP contribution in [0, 0.1) is 5.92 Å². The number of morpholine rings is 1. The van der Waals surface area contributed by atoms with Gasteiger partial charge in [0.25, 0.3) is 0 Å². The molecule has 7 heteroatoms. The Kier molecular flexibility index (Phi) is 5.44. The zero-order valence-corrected chi connectivity index (χ0v) is 15.3. The second kappa shape index (κ2) is 6.88. The van der Waals surface area contributed by atoms with E-state index >= 15 is 0 Å². The molecule has 2 N–H and O–H groups in total. The van der Waals surface area contributed by atoms with Gasteiger partial charge in [-0.15, -0.1) is 0 Å². The molecule has 2 amide bonds. The second-order valence-corrected chi connectivity index (χ2v) is 8.04. The standard InChI is InChI=1S/C17H30N2O5/c1-11-13(14(20)18-10-17(5,22)12-6-7-12)19(8-9-23-11)15(21)24-16(2,3)4/h11-13,22H,6-10H2,1-5H3,(H,18,20)/t11-,13+,17+/m1/s1. The highest BCUT2D eigenvalue weighted by molar-refractivity contribution is 5.86. The van der Waals surface area contributed by atoms with Crippen molar-refractivity contribution in [2.45, 2.75) is 70.8 Å². The zero-order valence-electron chi connectivity index (χ0n) is 15.3. The molecule has 0 unspecified atom stereocenters. The molecule has 138 valence electrons. The molecule has 24 heavy (non-hydrogen) atoms. The molecule has 0 radical (unpaired) electrons. The Labute approximate surface area is 143 Å². The molecule has 0 aromatic heterocycles. The lowest BCUT2D eigenvalue weighted by molar-refractivity contribution is -0.139. The molecule has 1 saturated carbocycles. The van der Waals surface area contributed by atoms with Crippen LogP contribution in [0.3, 0.4) is 0 Å². The third kappa shape index (κ3) is 4.83. The highest BCUT2D eigenvalue weighted by Crippen LogP contribution is 2.39. The summed E-state index contributed by atoms with van der Waals surface area (Å²) >= 11 is 0. The summed E-state index contributed by atoms with van der Waals surface area (Å²) < 4.78 is 10.9. The monoisotopic (exact) mass is 342 g/mol. The van der Waals surface area contributed by atoms with Gasteiger partial charge in [0.1, 0.15) is 11.6 Å². The van der Waals surface area contributed by atoms with Crippen molar-refractivity contribution in [3.63, 3.8) is 0 Å². The molecule has 1 saturated heterocycles. The summed E-state index contributed by atoms with van der Waals surface area (Å²) in [6.07, 6.45) is 1.01. The smallest absolute Gasteiger partial charge is 0.411 e. The number of hydrogen-bond donors (Lipinski definition) is 2. The number of nitrogens with one attached hydrogen (secondary N) is 1. The lowest BCUT2D eigenvalue weighted by atomic mass is 10.00. The predicted molar refractivity (Wildman–Crippen MR) is 88.5 cm³/mol. The van der Waals surface area contributed by atoms with E-state index in [4.69, 9.17) is 9.47 Å². The number of rotatable bonds is 4. The lowest BCUT2D eigenvalue weighted by Gasteiger charge is -2.39. The van der Waals surface area contributed by atoms with Crippen LogP contribution in [0.4, 0.5) is 4.79 Å². The van der Waals surface area contributed by atoms with Gasteiger partial charge in [0.2, 0.25) is 5.91 Å². The van der Waals surface area contributed by atoms with E-state index < -0.39 is 29.4 Å². The van der Waals surface area contributed by atoms with Gasteiger partial charge in [0.05, 0.1) is 18.3 Å². The van der Waals surface area contributed by atoms with Crippen molar-refractivity contribution in [1.82, 2.24) is 10.2 Å². The van der Waals surface area contributed by atoms with Gasteiger partial charge in [-0.2, -0.15) is 0 Å². The van der Waals surface area contributed by atoms with Gasteiger partial charge in [-0.1, -0.05) is 0 Å². The highest BCUT2D eigenvalue weighted by atomic mass is 16.6. The third-order valence-corrected chi connectivity index (χ3v) is 4.47. The SMILES string of the molecule is C[C@H]1OCCN(C(=O)OC(C)(C)C)[C@@H]1C(=O)NC[C@](C)(O)C1CC1. The van der Waals surface area contributed by atoms with Gasteiger partial charge < -0.3 is 19.9 Å². The van der Waals surface area contributed by atoms with Crippen LogP contribution in [0.1, 0.15) is 47.5 Å². The number of nitrogens with zero attached hydrogens (tertiary/aromatic N) is 1. The predicted octanol–water partition coefficient (Wildman–Crippen LogP) is 1.29. The maximum absolute atomic E-state index is 12.6. The van der Waals surface area contributed by atoms with Gasteiger partial charge in [0.15, 0.2) is 0 Å². The summed E-state index contributed by atoms with van der Waals surface area (Å²) in [4.78, 5) is 26.5. The van der Waals surface area contributed by atoms with Crippen LogP contribution in [0.5, 0.6) is 0 Å². The summed E-state index contributed by atoms with van der Waals surface area (Å²) in [5, 5.41) is 13.1. The van der Waals surface area contributed by atoms with E-state index in [9.17, 15) is 14.7 Å². The molecule has 1 heterocycles. The van der Waals surface area contributed by atoms with Crippen LogP contribution in [0.2, 0.25) is 0 Å². The first-order valence-electron chi connectivity index (χ1n) is 8.62. The van der Waals surface area contributed by atoms with E-state index in [1.807, 2.05) is 0 Å². The Morgan fingerprint density at radius 1 is 1.29 bits per heavy atom. The minimum atomic E-state index is -0.912. The fourth-order valence-corrected chi connectivity index (χ4v) is 2.92. The van der Waals surface area contributed by atoms with Crippen molar-refractivity contribution >= 4 is 12.0 Å². The zero-order chi connectivity index (χ0) is 18.1. The summed E-state index contributed by atoms with van der Waals surface area (Å²) in [7, 11) is 0. The van der Waals surface area contributed by atoms with Crippen LogP contribution < -0.4 is 5.32 Å². The van der Waals surface area contributed by atoms with Gasteiger partial charge in [-0.05, 0) is 53.4 Å². The van der Waals surface area contributed by atoms with Crippen LogP contribution >= 0.6 is 0 Å². The summed E-state index contributed by atoms with van der Waals surface area (Å²) in [5.41, 5.74) is -1.54. The van der Waals surface area contributed by atoms with Crippen LogP contribution in [0.25, 0.3) is 0 Å². The highest BCUT2D eigenvalue weighted by Gasteiger charge is 2.43. The molecule has 2 rings (SSSR count). The lowest BCUT2D eigenvalue weighted by Crippen LogP contribution is -2.61. The quantitative estimate of drug-likeness (QED) is 0.804. The Balaban J connectivity index is 2.01. The maximum atomic E-state index is 12.6. The van der Waals surface area contributed by atoms with E-state index in [0.29, 0.717) is 13.2 Å². The summed E-state index contributed by atoms with van der Waals surface area (Å²) in [6.45, 7) is 9.70. The van der Waals surface area contributed by atoms with Gasteiger partial charge in [-0.25, -0.2) is 4.79 Å². The fraction of sp³-hybridized carbons (Fsp3) is 0.882. The molecule has 0 aromatic rings. The molecule has 2 fully saturated rings. The molecule has 1 aliphatic heterocycles. The average Bonchev–Trinajstić information content (AvgIpc) is 3.27. The summed E-state index contributed by atoms with van der Waals surface area (Å²) in [6, 6.07) is -0.761. The molecule has 0 aromatic carbocycles. The number of hydrogen-bond acceptors (Lipinski definition) is 5. The number of amides is 2. The van der Waals surface area contributed by atoms with Gasteiger partial charge in [0, 0.05) is 13.1 Å². The van der Waals surface area contributed by atoms with Crippen LogP contribution in [-0.4, -0.2) is 65.1 Å². The van der Waals surface area contributed by atoms with Crippen molar-refractivity contribution < 1.29 is 24.2 Å². The van der Waals surface area contributed by atoms with Gasteiger partial charge in [-0.3, -0.25) is 9.69 Å². The molecule has 0 bridgehead atoms. The molecule has 1 aliphatic carbocycles. The van der Waals surface area contributed by atoms with Crippen molar-refractivity contribution in [2.75, 3.05) is 19.7 Å². The number of ether oxygens (including phenoxy) is 2. The Morgan fingerprint density at radius 3 is 2.46 bits per heavy atom. The molecule has 2 aliphatic rings. The van der Waals surface area contributed by atoms with Crippen molar-refractivity contribution in [3.05, 3.63) is 0 Å². The average molecular weight is 342 g/mol. The van der Waals surface area contributed by atoms with Crippen molar-refractivity contribution in [1.29, 1.82) is 0 Å². The molecule has 0 spiro atoms. The second-order valence-electron chi connectivity index (χ2n) is 8.04. The Bertz CT molecular complexity index is 482. The number of carbonyl (C=O) groups is 2. The topological polar surface area (TPSA) is 88.1 Å². The van der Waals surface area contributed by atoms with Crippen LogP contribution in [-0.2, 0) is 14.3 Å². The van der Waals surface area contributed by atoms with E-state index in [1.165, 1.54) is 4.90 Å². The first-order chi connectivity index (χ1) is 11.0. The van der Waals surface area contributed by atoms with E-state index in [0.717, 1.165) is 12.8 Å². The maximum Gasteiger partial charge on any atom is 0.411 e. The Hall–Kier alpha value is -1.34. The largest absolute Gasteiger partial charge is 0.444 e. The number of carbonyl (C=O) groups excluding carboxylic acids is 2. The molecule has 7 nitrogen and oxygen atoms in total. The third-order valence-electron chi connectivity index (χ3n) is 4.47. The normalized spacial score (nSPS) is 27.3. The van der Waals surface area contributed by atoms with Crippen molar-refractivity contribution in [2.24, 2.45) is 5.92 Å². The van der Waals surface area contributed by atoms with E-state index in [-0.39, 0.29) is 18.4 Å². The summed E-state index contributed by atoms with van der Waals surface area (Å²) in [5.74, 6) is -0.0891. The van der Waals surface area contributed by atoms with Gasteiger partial charge >= 0.3 is 6.09 Å². The first-order valence-corrected chi connectivity index (χ1v) is 8.62. The van der Waals surface area contributed by atoms with E-state index in [2.05, 4.69) is 5.32 Å². The molecule has 3 atom stereocenters. The fourth-order valence-electron chi connectivity index (χ4n) is 2.92. The minimum absolute atomic E-state index is 0.169. The Morgan fingerprint density at radius 2 is 1.92 bits per heavy atom. The molecular weight excluding hydrogens is 312 g/mol. The molecular formula is C17H30N2O5. The van der Waals surface area contributed by atoms with Crippen LogP contribution in [0.15, 0.2) is 0 Å². The van der Waals surface area contributed by atoms with Crippen molar-refractivity contribution in [3.8, 4) is 0 Å². The first kappa shape index (κ1) is 19.0.